The van der Waals surface area contributed by atoms with E-state index in [-0.39, 0.29) is 0 Å². The Morgan fingerprint density at radius 3 is 2.69 bits per heavy atom. The van der Waals surface area contributed by atoms with Gasteiger partial charge in [-0.25, -0.2) is 4.99 Å². The van der Waals surface area contributed by atoms with Gasteiger partial charge in [0.25, 0.3) is 0 Å². The summed E-state index contributed by atoms with van der Waals surface area (Å²) in [5.74, 6) is 0.422. The van der Waals surface area contributed by atoms with E-state index in [1.807, 2.05) is 36.6 Å². The summed E-state index contributed by atoms with van der Waals surface area (Å²) in [6.45, 7) is 0. The molecule has 13 heavy (non-hydrogen) atoms. The lowest BCUT2D eigenvalue weighted by molar-refractivity contribution is 1.36. The van der Waals surface area contributed by atoms with Crippen LogP contribution in [0.15, 0.2) is 35.3 Å². The van der Waals surface area contributed by atoms with E-state index >= 15 is 0 Å². The number of nitrogens with two attached hydrogens (primary N) is 1. The van der Waals surface area contributed by atoms with Crippen LogP contribution in [0.25, 0.3) is 0 Å². The molecule has 5 heteroatoms. The van der Waals surface area contributed by atoms with Crippen molar-refractivity contribution in [2.75, 3.05) is 6.26 Å². The van der Waals surface area contributed by atoms with Crippen molar-refractivity contribution in [2.45, 2.75) is 0 Å². The van der Waals surface area contributed by atoms with Crippen LogP contribution in [0.3, 0.4) is 0 Å². The van der Waals surface area contributed by atoms with E-state index in [2.05, 4.69) is 9.71 Å². The summed E-state index contributed by atoms with van der Waals surface area (Å²) in [5.41, 5.74) is 6.45. The van der Waals surface area contributed by atoms with Crippen molar-refractivity contribution in [2.24, 2.45) is 10.7 Å². The zero-order valence-corrected chi connectivity index (χ0v) is 8.86. The number of benzene rings is 1. The molecule has 0 fully saturated rings. The van der Waals surface area contributed by atoms with E-state index in [0.717, 1.165) is 5.69 Å². The van der Waals surface area contributed by atoms with Crippen molar-refractivity contribution in [3.05, 3.63) is 30.3 Å². The van der Waals surface area contributed by atoms with E-state index in [4.69, 9.17) is 5.73 Å². The van der Waals surface area contributed by atoms with Gasteiger partial charge in [0.15, 0.2) is 0 Å². The fourth-order valence-corrected chi connectivity index (χ4v) is 1.47. The van der Waals surface area contributed by atoms with Crippen molar-refractivity contribution >= 4 is 33.4 Å². The molecule has 0 aliphatic carbocycles. The van der Waals surface area contributed by atoms with Crippen molar-refractivity contribution < 1.29 is 0 Å². The summed E-state index contributed by atoms with van der Waals surface area (Å²) in [4.78, 5) is 4.15. The summed E-state index contributed by atoms with van der Waals surface area (Å²) < 4.78 is 2.89. The minimum Gasteiger partial charge on any atom is -0.369 e. The molecule has 0 aromatic heterocycles. The van der Waals surface area contributed by atoms with Gasteiger partial charge in [-0.05, 0) is 18.4 Å². The average Bonchev–Trinajstić information content (AvgIpc) is 2.16. The molecule has 0 unspecified atom stereocenters. The monoisotopic (exact) mass is 213 g/mol. The summed E-state index contributed by atoms with van der Waals surface area (Å²) in [5, 5.41) is 0. The SMILES string of the molecule is CSSNC(N)=Nc1ccccc1. The van der Waals surface area contributed by atoms with Crippen LogP contribution < -0.4 is 10.5 Å². The van der Waals surface area contributed by atoms with Gasteiger partial charge in [0, 0.05) is 11.0 Å². The molecule has 1 aromatic carbocycles. The molecule has 0 aliphatic heterocycles. The van der Waals surface area contributed by atoms with Gasteiger partial charge in [0.1, 0.15) is 0 Å². The second-order valence-corrected chi connectivity index (χ2v) is 4.39. The zero-order chi connectivity index (χ0) is 9.52. The number of rotatable bonds is 3. The highest BCUT2D eigenvalue weighted by Crippen LogP contribution is 2.12. The Kier molecular flexibility index (Phi) is 4.56. The second-order valence-electron chi connectivity index (χ2n) is 2.18. The molecule has 3 N–H and O–H groups in total. The van der Waals surface area contributed by atoms with E-state index in [1.165, 1.54) is 11.0 Å². The largest absolute Gasteiger partial charge is 0.369 e. The molecule has 0 atom stereocenters. The minimum atomic E-state index is 0.422. The van der Waals surface area contributed by atoms with Crippen LogP contribution in [0.2, 0.25) is 0 Å². The van der Waals surface area contributed by atoms with Crippen LogP contribution in [0, 0.1) is 0 Å². The van der Waals surface area contributed by atoms with Gasteiger partial charge in [0.2, 0.25) is 5.96 Å². The van der Waals surface area contributed by atoms with Crippen molar-refractivity contribution in [1.82, 2.24) is 4.72 Å². The molecule has 0 bridgehead atoms. The lowest BCUT2D eigenvalue weighted by Gasteiger charge is -2.00. The maximum atomic E-state index is 5.60. The van der Waals surface area contributed by atoms with E-state index in [9.17, 15) is 0 Å². The number of hydrogen-bond donors (Lipinski definition) is 2. The molecule has 1 rings (SSSR count). The number of para-hydroxylation sites is 1. The number of nitrogens with zero attached hydrogens (tertiary/aromatic N) is 1. The number of aliphatic imine (C=N–C) groups is 1. The van der Waals surface area contributed by atoms with E-state index in [0.29, 0.717) is 5.96 Å². The zero-order valence-electron chi connectivity index (χ0n) is 7.23. The van der Waals surface area contributed by atoms with Crippen molar-refractivity contribution in [3.8, 4) is 0 Å². The lowest BCUT2D eigenvalue weighted by Crippen LogP contribution is -2.24. The highest BCUT2D eigenvalue weighted by Gasteiger charge is 1.91. The molecule has 0 amide bonds. The lowest BCUT2D eigenvalue weighted by atomic mass is 10.3. The normalized spacial score (nSPS) is 11.3. The fourth-order valence-electron chi connectivity index (χ4n) is 0.749. The summed E-state index contributed by atoms with van der Waals surface area (Å²) >= 11 is 0. The molecule has 0 saturated carbocycles. The third-order valence-electron chi connectivity index (χ3n) is 1.24. The van der Waals surface area contributed by atoms with Crippen molar-refractivity contribution in [3.63, 3.8) is 0 Å². The van der Waals surface area contributed by atoms with Crippen LogP contribution >= 0.6 is 21.8 Å². The molecular weight excluding hydrogens is 202 g/mol. The molecule has 0 radical (unpaired) electrons. The maximum Gasteiger partial charge on any atom is 0.204 e. The Morgan fingerprint density at radius 2 is 2.08 bits per heavy atom. The third-order valence-corrected chi connectivity index (χ3v) is 2.44. The van der Waals surface area contributed by atoms with Gasteiger partial charge in [-0.2, -0.15) is 0 Å². The van der Waals surface area contributed by atoms with Crippen molar-refractivity contribution in [1.29, 1.82) is 0 Å². The van der Waals surface area contributed by atoms with Gasteiger partial charge >= 0.3 is 0 Å². The Morgan fingerprint density at radius 1 is 1.38 bits per heavy atom. The average molecular weight is 213 g/mol. The van der Waals surface area contributed by atoms with Crippen LogP contribution in [0.4, 0.5) is 5.69 Å². The molecule has 0 spiro atoms. The van der Waals surface area contributed by atoms with E-state index in [1.54, 1.807) is 10.8 Å². The molecule has 0 heterocycles. The summed E-state index contributed by atoms with van der Waals surface area (Å²) in [7, 11) is 3.03. The summed E-state index contributed by atoms with van der Waals surface area (Å²) in [6.07, 6.45) is 1.97. The topological polar surface area (TPSA) is 50.4 Å². The Balaban J connectivity index is 2.55. The first-order valence-electron chi connectivity index (χ1n) is 3.68. The fraction of sp³-hybridized carbons (Fsp3) is 0.125. The standard InChI is InChI=1S/C8H11N3S2/c1-12-13-11-8(9)10-7-5-3-2-4-6-7/h2-6H,1H3,(H3,9,10,11). The van der Waals surface area contributed by atoms with Gasteiger partial charge in [-0.15, -0.1) is 0 Å². The molecule has 3 nitrogen and oxygen atoms in total. The van der Waals surface area contributed by atoms with E-state index < -0.39 is 0 Å². The Hall–Kier alpha value is -0.810. The minimum absolute atomic E-state index is 0.422. The molecule has 1 aromatic rings. The molecule has 70 valence electrons. The highest BCUT2D eigenvalue weighted by atomic mass is 33.1. The van der Waals surface area contributed by atoms with Crippen LogP contribution in [-0.2, 0) is 0 Å². The molecular formula is C8H11N3S2. The Bertz CT molecular complexity index is 274. The maximum absolute atomic E-state index is 5.60. The number of nitrogens with one attached hydrogen (secondary N) is 1. The Labute approximate surface area is 85.7 Å². The quantitative estimate of drug-likeness (QED) is 0.349. The smallest absolute Gasteiger partial charge is 0.204 e. The first-order valence-corrected chi connectivity index (χ1v) is 6.23. The number of guanidine groups is 1. The third kappa shape index (κ3) is 4.10. The summed E-state index contributed by atoms with van der Waals surface area (Å²) in [6, 6.07) is 9.59. The predicted molar refractivity (Wildman–Crippen MR) is 62.0 cm³/mol. The van der Waals surface area contributed by atoms with Gasteiger partial charge in [0.05, 0.1) is 5.69 Å². The van der Waals surface area contributed by atoms with Gasteiger partial charge < -0.3 is 5.73 Å². The first kappa shape index (κ1) is 10.3. The van der Waals surface area contributed by atoms with Gasteiger partial charge in [-0.1, -0.05) is 29.0 Å². The second kappa shape index (κ2) is 5.77. The number of hydrogen-bond acceptors (Lipinski definition) is 3. The van der Waals surface area contributed by atoms with Crippen LogP contribution in [-0.4, -0.2) is 12.2 Å². The first-order chi connectivity index (χ1) is 6.33. The molecule has 0 aliphatic rings. The molecule has 0 saturated heterocycles. The predicted octanol–water partition coefficient (Wildman–Crippen LogP) is 2.15. The van der Waals surface area contributed by atoms with Crippen LogP contribution in [0.5, 0.6) is 0 Å². The van der Waals surface area contributed by atoms with Crippen LogP contribution in [0.1, 0.15) is 0 Å². The van der Waals surface area contributed by atoms with Gasteiger partial charge in [-0.3, -0.25) is 4.72 Å². The highest BCUT2D eigenvalue weighted by molar-refractivity contribution is 8.75.